The first kappa shape index (κ1) is 14.9. The lowest BCUT2D eigenvalue weighted by Gasteiger charge is -2.44. The van der Waals surface area contributed by atoms with Crippen molar-refractivity contribution in [2.24, 2.45) is 5.41 Å². The summed E-state index contributed by atoms with van der Waals surface area (Å²) in [6.07, 6.45) is 1.11. The zero-order chi connectivity index (χ0) is 12.9. The Morgan fingerprint density at radius 2 is 2.00 bits per heavy atom. The van der Waals surface area contributed by atoms with E-state index in [1.165, 1.54) is 0 Å². The van der Waals surface area contributed by atoms with Gasteiger partial charge in [-0.25, -0.2) is 0 Å². The second-order valence-electron chi connectivity index (χ2n) is 6.28. The molecular formula is C14H30N2O. The standard InChI is InChI=1S/C14H30N2O/c1-6-8-17-9-7-16-11-13(14(3,4)5)15-10-12(16)2/h12-13,15H,6-11H2,1-5H3. The van der Waals surface area contributed by atoms with Gasteiger partial charge in [-0.2, -0.15) is 0 Å². The van der Waals surface area contributed by atoms with Crippen LogP contribution in [-0.2, 0) is 4.74 Å². The number of nitrogens with one attached hydrogen (secondary N) is 1. The van der Waals surface area contributed by atoms with E-state index in [1.54, 1.807) is 0 Å². The van der Waals surface area contributed by atoms with Gasteiger partial charge in [0.1, 0.15) is 0 Å². The first-order chi connectivity index (χ1) is 7.95. The molecule has 0 aliphatic carbocycles. The first-order valence-electron chi connectivity index (χ1n) is 7.00. The number of hydrogen-bond donors (Lipinski definition) is 1. The maximum atomic E-state index is 5.59. The van der Waals surface area contributed by atoms with Crippen LogP contribution in [0.3, 0.4) is 0 Å². The summed E-state index contributed by atoms with van der Waals surface area (Å²) in [6, 6.07) is 1.21. The summed E-state index contributed by atoms with van der Waals surface area (Å²) in [4.78, 5) is 2.56. The van der Waals surface area contributed by atoms with Crippen molar-refractivity contribution >= 4 is 0 Å². The van der Waals surface area contributed by atoms with Gasteiger partial charge >= 0.3 is 0 Å². The van der Waals surface area contributed by atoms with Crippen LogP contribution in [0.2, 0.25) is 0 Å². The number of rotatable bonds is 5. The zero-order valence-electron chi connectivity index (χ0n) is 12.3. The van der Waals surface area contributed by atoms with Crippen molar-refractivity contribution in [2.75, 3.05) is 32.8 Å². The molecule has 0 bridgehead atoms. The highest BCUT2D eigenvalue weighted by Gasteiger charge is 2.31. The predicted molar refractivity (Wildman–Crippen MR) is 73.4 cm³/mol. The van der Waals surface area contributed by atoms with Crippen LogP contribution in [0, 0.1) is 5.41 Å². The quantitative estimate of drug-likeness (QED) is 0.747. The van der Waals surface area contributed by atoms with Crippen LogP contribution in [0.1, 0.15) is 41.0 Å². The summed E-state index contributed by atoms with van der Waals surface area (Å²) in [6.45, 7) is 16.4. The van der Waals surface area contributed by atoms with Gasteiger partial charge in [-0.15, -0.1) is 0 Å². The summed E-state index contributed by atoms with van der Waals surface area (Å²) in [5, 5.41) is 3.66. The maximum absolute atomic E-state index is 5.59. The summed E-state index contributed by atoms with van der Waals surface area (Å²) in [7, 11) is 0. The average molecular weight is 242 g/mol. The van der Waals surface area contributed by atoms with Crippen LogP contribution in [-0.4, -0.2) is 49.8 Å². The number of piperazine rings is 1. The third-order valence-electron chi connectivity index (χ3n) is 3.62. The Hall–Kier alpha value is -0.120. The van der Waals surface area contributed by atoms with E-state index < -0.39 is 0 Å². The highest BCUT2D eigenvalue weighted by Crippen LogP contribution is 2.23. The minimum Gasteiger partial charge on any atom is -0.380 e. The van der Waals surface area contributed by atoms with E-state index in [-0.39, 0.29) is 0 Å². The third kappa shape index (κ3) is 4.94. The Labute approximate surface area is 107 Å². The topological polar surface area (TPSA) is 24.5 Å². The Balaban J connectivity index is 2.36. The van der Waals surface area contributed by atoms with Gasteiger partial charge in [-0.3, -0.25) is 4.90 Å². The average Bonchev–Trinajstić information content (AvgIpc) is 2.25. The minimum atomic E-state index is 0.336. The molecule has 1 fully saturated rings. The fraction of sp³-hybridized carbons (Fsp3) is 1.00. The largest absolute Gasteiger partial charge is 0.380 e. The van der Waals surface area contributed by atoms with E-state index in [4.69, 9.17) is 4.74 Å². The summed E-state index contributed by atoms with van der Waals surface area (Å²) < 4.78 is 5.59. The predicted octanol–water partition coefficient (Wildman–Crippen LogP) is 2.12. The van der Waals surface area contributed by atoms with Crippen molar-refractivity contribution < 1.29 is 4.74 Å². The van der Waals surface area contributed by atoms with Crippen LogP contribution < -0.4 is 5.32 Å². The molecule has 2 unspecified atom stereocenters. The molecule has 3 nitrogen and oxygen atoms in total. The molecule has 0 aromatic carbocycles. The highest BCUT2D eigenvalue weighted by atomic mass is 16.5. The minimum absolute atomic E-state index is 0.336. The smallest absolute Gasteiger partial charge is 0.0593 e. The molecule has 1 heterocycles. The number of hydrogen-bond acceptors (Lipinski definition) is 3. The molecule has 3 heteroatoms. The molecule has 1 rings (SSSR count). The summed E-state index contributed by atoms with van der Waals surface area (Å²) in [5.41, 5.74) is 0.336. The lowest BCUT2D eigenvalue weighted by atomic mass is 9.85. The maximum Gasteiger partial charge on any atom is 0.0593 e. The Bertz CT molecular complexity index is 213. The van der Waals surface area contributed by atoms with Gasteiger partial charge in [-0.05, 0) is 18.8 Å². The lowest BCUT2D eigenvalue weighted by molar-refractivity contribution is 0.0519. The molecule has 0 spiro atoms. The molecule has 0 aromatic heterocycles. The number of ether oxygens (including phenoxy) is 1. The SMILES string of the molecule is CCCOCCN1CC(C(C)(C)C)NCC1C. The molecule has 0 amide bonds. The van der Waals surface area contributed by atoms with E-state index >= 15 is 0 Å². The lowest BCUT2D eigenvalue weighted by Crippen LogP contribution is -2.59. The molecule has 102 valence electrons. The highest BCUT2D eigenvalue weighted by molar-refractivity contribution is 4.90. The van der Waals surface area contributed by atoms with Crippen LogP contribution in [0.25, 0.3) is 0 Å². The van der Waals surface area contributed by atoms with Crippen molar-refractivity contribution in [3.63, 3.8) is 0 Å². The van der Waals surface area contributed by atoms with Crippen molar-refractivity contribution in [3.8, 4) is 0 Å². The van der Waals surface area contributed by atoms with E-state index in [2.05, 4.69) is 44.8 Å². The van der Waals surface area contributed by atoms with Crippen molar-refractivity contribution in [2.45, 2.75) is 53.1 Å². The van der Waals surface area contributed by atoms with Gasteiger partial charge in [0, 0.05) is 38.3 Å². The van der Waals surface area contributed by atoms with Crippen molar-refractivity contribution in [1.82, 2.24) is 10.2 Å². The molecule has 1 aliphatic heterocycles. The Morgan fingerprint density at radius 3 is 2.59 bits per heavy atom. The van der Waals surface area contributed by atoms with E-state index in [9.17, 15) is 0 Å². The van der Waals surface area contributed by atoms with Gasteiger partial charge < -0.3 is 10.1 Å². The van der Waals surface area contributed by atoms with E-state index in [0.29, 0.717) is 17.5 Å². The fourth-order valence-corrected chi connectivity index (χ4v) is 2.24. The van der Waals surface area contributed by atoms with Crippen LogP contribution >= 0.6 is 0 Å². The molecule has 1 N–H and O–H groups in total. The van der Waals surface area contributed by atoms with Gasteiger partial charge in [0.25, 0.3) is 0 Å². The molecule has 1 saturated heterocycles. The van der Waals surface area contributed by atoms with Crippen LogP contribution in [0.4, 0.5) is 0 Å². The first-order valence-corrected chi connectivity index (χ1v) is 7.00. The van der Waals surface area contributed by atoms with Gasteiger partial charge in [0.2, 0.25) is 0 Å². The zero-order valence-corrected chi connectivity index (χ0v) is 12.3. The molecule has 1 aliphatic rings. The summed E-state index contributed by atoms with van der Waals surface area (Å²) in [5.74, 6) is 0. The molecule has 0 radical (unpaired) electrons. The second-order valence-corrected chi connectivity index (χ2v) is 6.28. The third-order valence-corrected chi connectivity index (χ3v) is 3.62. The Kier molecular flexibility index (Phi) is 5.90. The van der Waals surface area contributed by atoms with Gasteiger partial charge in [-0.1, -0.05) is 27.7 Å². The molecular weight excluding hydrogens is 212 g/mol. The molecule has 0 saturated carbocycles. The molecule has 0 aromatic rings. The van der Waals surface area contributed by atoms with E-state index in [1.807, 2.05) is 0 Å². The Morgan fingerprint density at radius 1 is 1.29 bits per heavy atom. The normalized spacial score (nSPS) is 27.4. The van der Waals surface area contributed by atoms with Crippen LogP contribution in [0.5, 0.6) is 0 Å². The van der Waals surface area contributed by atoms with Crippen molar-refractivity contribution in [3.05, 3.63) is 0 Å². The fourth-order valence-electron chi connectivity index (χ4n) is 2.24. The van der Waals surface area contributed by atoms with Gasteiger partial charge in [0.05, 0.1) is 6.61 Å². The number of nitrogens with zero attached hydrogens (tertiary/aromatic N) is 1. The van der Waals surface area contributed by atoms with Crippen molar-refractivity contribution in [1.29, 1.82) is 0 Å². The monoisotopic (exact) mass is 242 g/mol. The summed E-state index contributed by atoms with van der Waals surface area (Å²) >= 11 is 0. The molecule has 2 atom stereocenters. The van der Waals surface area contributed by atoms with Crippen LogP contribution in [0.15, 0.2) is 0 Å². The molecule has 17 heavy (non-hydrogen) atoms. The van der Waals surface area contributed by atoms with E-state index in [0.717, 1.165) is 39.3 Å². The second kappa shape index (κ2) is 6.72. The van der Waals surface area contributed by atoms with Gasteiger partial charge in [0.15, 0.2) is 0 Å².